The van der Waals surface area contributed by atoms with Gasteiger partial charge in [-0.3, -0.25) is 4.79 Å². The number of ether oxygens (including phenoxy) is 1. The molecular weight excluding hydrogens is 326 g/mol. The summed E-state index contributed by atoms with van der Waals surface area (Å²) in [5.41, 5.74) is 1.24. The fourth-order valence-corrected chi connectivity index (χ4v) is 4.32. The van der Waals surface area contributed by atoms with Crippen LogP contribution in [0.25, 0.3) is 0 Å². The van der Waals surface area contributed by atoms with Crippen molar-refractivity contribution in [1.82, 2.24) is 4.31 Å². The van der Waals surface area contributed by atoms with E-state index in [-0.39, 0.29) is 16.7 Å². The summed E-state index contributed by atoms with van der Waals surface area (Å²) >= 11 is 0. The van der Waals surface area contributed by atoms with Crippen LogP contribution in [0.3, 0.4) is 0 Å². The first-order valence-corrected chi connectivity index (χ1v) is 9.16. The molecule has 1 aliphatic heterocycles. The molecule has 0 saturated heterocycles. The highest BCUT2D eigenvalue weighted by Crippen LogP contribution is 2.37. The third-order valence-electron chi connectivity index (χ3n) is 4.28. The number of carbonyl (C=O) groups excluding carboxylic acids is 1. The minimum atomic E-state index is -3.71. The van der Waals surface area contributed by atoms with Crippen LogP contribution in [0.1, 0.15) is 35.3 Å². The van der Waals surface area contributed by atoms with Crippen molar-refractivity contribution < 1.29 is 17.9 Å². The van der Waals surface area contributed by atoms with Gasteiger partial charge >= 0.3 is 0 Å². The first kappa shape index (κ1) is 16.7. The minimum absolute atomic E-state index is 0.127. The molecule has 0 aromatic heterocycles. The maximum absolute atomic E-state index is 13.0. The molecule has 3 rings (SSSR count). The quantitative estimate of drug-likeness (QED) is 0.799. The number of rotatable bonds is 4. The number of hydrogen-bond acceptors (Lipinski definition) is 4. The lowest BCUT2D eigenvalue weighted by Gasteiger charge is -2.32. The van der Waals surface area contributed by atoms with Crippen LogP contribution >= 0.6 is 0 Å². The molecule has 5 nitrogen and oxygen atoms in total. The molecule has 1 aliphatic rings. The molecule has 1 heterocycles. The molecule has 24 heavy (non-hydrogen) atoms. The van der Waals surface area contributed by atoms with E-state index in [0.29, 0.717) is 24.3 Å². The summed E-state index contributed by atoms with van der Waals surface area (Å²) in [6.45, 7) is 1.89. The van der Waals surface area contributed by atoms with Crippen LogP contribution in [-0.2, 0) is 10.0 Å². The molecule has 2 aromatic rings. The lowest BCUT2D eigenvalue weighted by Crippen LogP contribution is -2.34. The second-order valence-corrected chi connectivity index (χ2v) is 7.79. The smallest absolute Gasteiger partial charge is 0.243 e. The molecule has 2 aromatic carbocycles. The number of fused-ring (bicyclic) bond motifs is 1. The van der Waals surface area contributed by atoms with Crippen LogP contribution in [0.2, 0.25) is 0 Å². The fourth-order valence-electron chi connectivity index (χ4n) is 2.91. The summed E-state index contributed by atoms with van der Waals surface area (Å²) in [5, 5.41) is 0. The van der Waals surface area contributed by atoms with Gasteiger partial charge in [0.25, 0.3) is 0 Å². The highest BCUT2D eigenvalue weighted by molar-refractivity contribution is 7.89. The van der Waals surface area contributed by atoms with E-state index in [9.17, 15) is 13.2 Å². The third kappa shape index (κ3) is 2.95. The Hall–Kier alpha value is -2.18. The molecular formula is C18H19NO4S. The molecule has 0 amide bonds. The molecule has 1 atom stereocenters. The standard InChI is InChI=1S/C18H19NO4S/c1-13(20)14-6-5-7-15(12-14)24(21,22)19(2)17-10-11-23-18-9-4-3-8-16(17)18/h3-9,12,17H,10-11H2,1-2H3. The summed E-state index contributed by atoms with van der Waals surface area (Å²) in [6, 6.07) is 13.3. The van der Waals surface area contributed by atoms with Gasteiger partial charge in [-0.15, -0.1) is 0 Å². The van der Waals surface area contributed by atoms with Crippen molar-refractivity contribution in [2.75, 3.05) is 13.7 Å². The van der Waals surface area contributed by atoms with E-state index in [1.807, 2.05) is 24.3 Å². The van der Waals surface area contributed by atoms with Crippen molar-refractivity contribution in [3.63, 3.8) is 0 Å². The lowest BCUT2D eigenvalue weighted by atomic mass is 10.0. The molecule has 0 spiro atoms. The summed E-state index contributed by atoms with van der Waals surface area (Å²) in [4.78, 5) is 11.7. The monoisotopic (exact) mass is 345 g/mol. The highest BCUT2D eigenvalue weighted by atomic mass is 32.2. The first-order chi connectivity index (χ1) is 11.4. The zero-order chi connectivity index (χ0) is 17.3. The number of benzene rings is 2. The van der Waals surface area contributed by atoms with Crippen LogP contribution < -0.4 is 4.74 Å². The fraction of sp³-hybridized carbons (Fsp3) is 0.278. The van der Waals surface area contributed by atoms with Gasteiger partial charge in [0.15, 0.2) is 5.78 Å². The summed E-state index contributed by atoms with van der Waals surface area (Å²) < 4.78 is 33.0. The Morgan fingerprint density at radius 3 is 2.67 bits per heavy atom. The Bertz CT molecular complexity index is 876. The average molecular weight is 345 g/mol. The van der Waals surface area contributed by atoms with E-state index in [1.165, 1.54) is 23.4 Å². The highest BCUT2D eigenvalue weighted by Gasteiger charge is 2.33. The van der Waals surface area contributed by atoms with Crippen molar-refractivity contribution in [2.45, 2.75) is 24.3 Å². The zero-order valence-electron chi connectivity index (χ0n) is 13.6. The zero-order valence-corrected chi connectivity index (χ0v) is 14.4. The summed E-state index contributed by atoms with van der Waals surface area (Å²) in [7, 11) is -2.14. The van der Waals surface area contributed by atoms with Gasteiger partial charge in [-0.05, 0) is 25.1 Å². The van der Waals surface area contributed by atoms with Gasteiger partial charge in [-0.1, -0.05) is 30.3 Å². The SMILES string of the molecule is CC(=O)c1cccc(S(=O)(=O)N(C)C2CCOc3ccccc32)c1. The largest absolute Gasteiger partial charge is 0.493 e. The number of nitrogens with zero attached hydrogens (tertiary/aromatic N) is 1. The molecule has 1 unspecified atom stereocenters. The Labute approximate surface area is 141 Å². The van der Waals surface area contributed by atoms with Crippen molar-refractivity contribution in [3.05, 3.63) is 59.7 Å². The predicted molar refractivity (Wildman–Crippen MR) is 90.7 cm³/mol. The third-order valence-corrected chi connectivity index (χ3v) is 6.15. The Kier molecular flexibility index (Phi) is 4.43. The number of carbonyl (C=O) groups is 1. The molecule has 0 saturated carbocycles. The molecule has 0 N–H and O–H groups in total. The van der Waals surface area contributed by atoms with Crippen LogP contribution in [0.5, 0.6) is 5.75 Å². The van der Waals surface area contributed by atoms with E-state index in [4.69, 9.17) is 4.74 Å². The van der Waals surface area contributed by atoms with Crippen LogP contribution in [0.15, 0.2) is 53.4 Å². The van der Waals surface area contributed by atoms with Gasteiger partial charge in [0.05, 0.1) is 17.5 Å². The second kappa shape index (κ2) is 6.37. The number of para-hydroxylation sites is 1. The predicted octanol–water partition coefficient (Wildman–Crippen LogP) is 3.03. The van der Waals surface area contributed by atoms with Crippen LogP contribution in [0, 0.1) is 0 Å². The minimum Gasteiger partial charge on any atom is -0.493 e. The van der Waals surface area contributed by atoms with Gasteiger partial charge in [0.2, 0.25) is 10.0 Å². The Morgan fingerprint density at radius 1 is 1.17 bits per heavy atom. The van der Waals surface area contributed by atoms with E-state index in [0.717, 1.165) is 5.56 Å². The maximum atomic E-state index is 13.0. The van der Waals surface area contributed by atoms with Gasteiger partial charge in [0.1, 0.15) is 5.75 Å². The normalized spacial score (nSPS) is 17.2. The molecule has 0 aliphatic carbocycles. The van der Waals surface area contributed by atoms with Crippen LogP contribution in [0.4, 0.5) is 0 Å². The van der Waals surface area contributed by atoms with Gasteiger partial charge in [-0.2, -0.15) is 4.31 Å². The lowest BCUT2D eigenvalue weighted by molar-refractivity contribution is 0.101. The molecule has 0 radical (unpaired) electrons. The first-order valence-electron chi connectivity index (χ1n) is 7.72. The van der Waals surface area contributed by atoms with E-state index >= 15 is 0 Å². The van der Waals surface area contributed by atoms with Crippen molar-refractivity contribution in [1.29, 1.82) is 0 Å². The van der Waals surface area contributed by atoms with E-state index in [1.54, 1.807) is 19.2 Å². The maximum Gasteiger partial charge on any atom is 0.243 e. The second-order valence-electron chi connectivity index (χ2n) is 5.80. The number of ketones is 1. The molecule has 0 fully saturated rings. The number of sulfonamides is 1. The number of Topliss-reactive ketones (excluding diaryl/α,β-unsaturated/α-hetero) is 1. The van der Waals surface area contributed by atoms with Gasteiger partial charge in [0, 0.05) is 24.6 Å². The van der Waals surface area contributed by atoms with Crippen molar-refractivity contribution in [3.8, 4) is 5.75 Å². The summed E-state index contributed by atoms with van der Waals surface area (Å²) in [5.74, 6) is 0.555. The molecule has 126 valence electrons. The van der Waals surface area contributed by atoms with Crippen molar-refractivity contribution in [2.24, 2.45) is 0 Å². The van der Waals surface area contributed by atoms with Gasteiger partial charge < -0.3 is 4.74 Å². The van der Waals surface area contributed by atoms with E-state index in [2.05, 4.69) is 0 Å². The average Bonchev–Trinajstić information content (AvgIpc) is 2.60. The van der Waals surface area contributed by atoms with Crippen LogP contribution in [-0.4, -0.2) is 32.2 Å². The molecule has 0 bridgehead atoms. The topological polar surface area (TPSA) is 63.7 Å². The van der Waals surface area contributed by atoms with Gasteiger partial charge in [-0.25, -0.2) is 8.42 Å². The Morgan fingerprint density at radius 2 is 1.92 bits per heavy atom. The number of hydrogen-bond donors (Lipinski definition) is 0. The Balaban J connectivity index is 1.99. The van der Waals surface area contributed by atoms with E-state index < -0.39 is 10.0 Å². The molecule has 6 heteroatoms. The summed E-state index contributed by atoms with van der Waals surface area (Å²) in [6.07, 6.45) is 0.582. The van der Waals surface area contributed by atoms with Crippen molar-refractivity contribution >= 4 is 15.8 Å².